The van der Waals surface area contributed by atoms with Crippen molar-refractivity contribution in [3.63, 3.8) is 0 Å². The van der Waals surface area contributed by atoms with Gasteiger partial charge in [-0.2, -0.15) is 0 Å². The molecular formula is C28H18ClN. The first kappa shape index (κ1) is 17.4. The van der Waals surface area contributed by atoms with E-state index in [4.69, 9.17) is 11.6 Å². The molecular weight excluding hydrogens is 386 g/mol. The van der Waals surface area contributed by atoms with Crippen LogP contribution in [-0.2, 0) is 5.41 Å². The van der Waals surface area contributed by atoms with E-state index in [0.717, 1.165) is 10.6 Å². The van der Waals surface area contributed by atoms with Crippen LogP contribution in [0.3, 0.4) is 0 Å². The predicted octanol–water partition coefficient (Wildman–Crippen LogP) is 7.25. The zero-order valence-electron chi connectivity index (χ0n) is 16.2. The van der Waals surface area contributed by atoms with Crippen LogP contribution in [0.15, 0.2) is 109 Å². The first-order valence-electron chi connectivity index (χ1n) is 10.1. The first-order chi connectivity index (χ1) is 14.8. The molecule has 1 unspecified atom stereocenters. The number of halogens is 1. The van der Waals surface area contributed by atoms with Crippen LogP contribution in [0.2, 0.25) is 5.02 Å². The molecule has 0 aliphatic heterocycles. The number of benzene rings is 4. The molecule has 1 aliphatic carbocycles. The standard InChI is InChI=1S/C28H18ClN/c29-26-12-6-11-24-27(26)23-17-19-7-4-5-8-20(19)18-25(23)28(24,21-9-2-1-3-10-21)22-13-15-30-16-14-22/h1-18H. The van der Waals surface area contributed by atoms with Crippen LogP contribution in [0, 0.1) is 0 Å². The van der Waals surface area contributed by atoms with Gasteiger partial charge in [-0.05, 0) is 68.9 Å². The van der Waals surface area contributed by atoms with Crippen molar-refractivity contribution in [2.24, 2.45) is 0 Å². The molecule has 1 aromatic heterocycles. The summed E-state index contributed by atoms with van der Waals surface area (Å²) in [6, 6.07) is 34.4. The summed E-state index contributed by atoms with van der Waals surface area (Å²) in [6.07, 6.45) is 3.76. The van der Waals surface area contributed by atoms with E-state index >= 15 is 0 Å². The molecule has 1 heterocycles. The van der Waals surface area contributed by atoms with E-state index in [1.165, 1.54) is 38.6 Å². The minimum Gasteiger partial charge on any atom is -0.265 e. The summed E-state index contributed by atoms with van der Waals surface area (Å²) in [6.45, 7) is 0. The normalized spacial score (nSPS) is 17.0. The van der Waals surface area contributed by atoms with E-state index in [2.05, 4.69) is 96.0 Å². The summed E-state index contributed by atoms with van der Waals surface area (Å²) >= 11 is 6.84. The Morgan fingerprint density at radius 3 is 2.03 bits per heavy atom. The molecule has 5 aromatic rings. The fourth-order valence-corrected chi connectivity index (χ4v) is 5.37. The van der Waals surface area contributed by atoms with Gasteiger partial charge in [-0.25, -0.2) is 0 Å². The second-order valence-electron chi connectivity index (χ2n) is 7.76. The third-order valence-electron chi connectivity index (χ3n) is 6.30. The minimum absolute atomic E-state index is 0.441. The highest BCUT2D eigenvalue weighted by molar-refractivity contribution is 6.34. The maximum atomic E-state index is 6.84. The summed E-state index contributed by atoms with van der Waals surface area (Å²) in [5.74, 6) is 0. The highest BCUT2D eigenvalue weighted by Gasteiger charge is 2.46. The fourth-order valence-electron chi connectivity index (χ4n) is 5.09. The van der Waals surface area contributed by atoms with Crippen molar-refractivity contribution in [2.45, 2.75) is 5.41 Å². The SMILES string of the molecule is Clc1cccc2c1-c1cc3ccccc3cc1C2(c1ccccc1)c1ccncc1. The summed E-state index contributed by atoms with van der Waals surface area (Å²) in [4.78, 5) is 4.29. The van der Waals surface area contributed by atoms with Gasteiger partial charge in [0.25, 0.3) is 0 Å². The smallest absolute Gasteiger partial charge is 0.0715 e. The van der Waals surface area contributed by atoms with Crippen LogP contribution >= 0.6 is 11.6 Å². The van der Waals surface area contributed by atoms with Crippen molar-refractivity contribution < 1.29 is 0 Å². The van der Waals surface area contributed by atoms with Crippen LogP contribution in [0.4, 0.5) is 0 Å². The summed E-state index contributed by atoms with van der Waals surface area (Å²) in [5.41, 5.74) is 6.80. The maximum Gasteiger partial charge on any atom is 0.0715 e. The summed E-state index contributed by atoms with van der Waals surface area (Å²) in [5, 5.41) is 3.24. The number of aromatic nitrogens is 1. The van der Waals surface area contributed by atoms with Crippen LogP contribution in [-0.4, -0.2) is 4.98 Å². The topological polar surface area (TPSA) is 12.9 Å². The van der Waals surface area contributed by atoms with Gasteiger partial charge in [0, 0.05) is 23.0 Å². The van der Waals surface area contributed by atoms with Crippen LogP contribution in [0.1, 0.15) is 22.3 Å². The van der Waals surface area contributed by atoms with Crippen molar-refractivity contribution in [3.8, 4) is 11.1 Å². The maximum absolute atomic E-state index is 6.84. The van der Waals surface area contributed by atoms with Crippen molar-refractivity contribution in [1.82, 2.24) is 4.98 Å². The molecule has 4 aromatic carbocycles. The molecule has 0 saturated carbocycles. The monoisotopic (exact) mass is 403 g/mol. The van der Waals surface area contributed by atoms with Crippen molar-refractivity contribution in [1.29, 1.82) is 0 Å². The van der Waals surface area contributed by atoms with Crippen LogP contribution < -0.4 is 0 Å². The second-order valence-corrected chi connectivity index (χ2v) is 8.17. The Labute approximate surface area is 180 Å². The van der Waals surface area contributed by atoms with Gasteiger partial charge in [-0.1, -0.05) is 78.3 Å². The van der Waals surface area contributed by atoms with Crippen LogP contribution in [0.5, 0.6) is 0 Å². The number of rotatable bonds is 2. The molecule has 6 rings (SSSR count). The Balaban J connectivity index is 1.85. The van der Waals surface area contributed by atoms with Crippen molar-refractivity contribution >= 4 is 22.4 Å². The predicted molar refractivity (Wildman–Crippen MR) is 124 cm³/mol. The highest BCUT2D eigenvalue weighted by Crippen LogP contribution is 2.58. The first-order valence-corrected chi connectivity index (χ1v) is 10.5. The van der Waals surface area contributed by atoms with Gasteiger partial charge in [0.15, 0.2) is 0 Å². The Bertz CT molecular complexity index is 1350. The van der Waals surface area contributed by atoms with Gasteiger partial charge in [-0.3, -0.25) is 4.98 Å². The Morgan fingerprint density at radius 2 is 1.27 bits per heavy atom. The molecule has 0 radical (unpaired) electrons. The zero-order chi connectivity index (χ0) is 20.1. The van der Waals surface area contributed by atoms with Crippen molar-refractivity contribution in [2.75, 3.05) is 0 Å². The molecule has 0 saturated heterocycles. The summed E-state index contributed by atoms with van der Waals surface area (Å²) in [7, 11) is 0. The lowest BCUT2D eigenvalue weighted by molar-refractivity contribution is 0.767. The third-order valence-corrected chi connectivity index (χ3v) is 6.61. The summed E-state index contributed by atoms with van der Waals surface area (Å²) < 4.78 is 0. The van der Waals surface area contributed by atoms with Crippen LogP contribution in [0.25, 0.3) is 21.9 Å². The third kappa shape index (κ3) is 2.27. The molecule has 1 nitrogen and oxygen atoms in total. The molecule has 0 spiro atoms. The molecule has 2 heteroatoms. The molecule has 0 fully saturated rings. The minimum atomic E-state index is -0.441. The van der Waals surface area contributed by atoms with Crippen molar-refractivity contribution in [3.05, 3.63) is 137 Å². The lowest BCUT2D eigenvalue weighted by Gasteiger charge is -2.33. The van der Waals surface area contributed by atoms with Gasteiger partial charge >= 0.3 is 0 Å². The van der Waals surface area contributed by atoms with Gasteiger partial charge < -0.3 is 0 Å². The molecule has 1 atom stereocenters. The number of fused-ring (bicyclic) bond motifs is 4. The Morgan fingerprint density at radius 1 is 0.600 bits per heavy atom. The molecule has 142 valence electrons. The lowest BCUT2D eigenvalue weighted by Crippen LogP contribution is -2.28. The van der Waals surface area contributed by atoms with Gasteiger partial charge in [0.1, 0.15) is 0 Å². The average Bonchev–Trinajstić information content (AvgIpc) is 3.10. The van der Waals surface area contributed by atoms with Gasteiger partial charge in [0.2, 0.25) is 0 Å². The van der Waals surface area contributed by atoms with Gasteiger partial charge in [0.05, 0.1) is 5.41 Å². The Hall–Kier alpha value is -3.42. The zero-order valence-corrected chi connectivity index (χ0v) is 17.0. The number of hydrogen-bond donors (Lipinski definition) is 0. The second kappa shape index (κ2) is 6.55. The van der Waals surface area contributed by atoms with Gasteiger partial charge in [-0.15, -0.1) is 0 Å². The fraction of sp³-hybridized carbons (Fsp3) is 0.0357. The van der Waals surface area contributed by atoms with E-state index in [9.17, 15) is 0 Å². The lowest BCUT2D eigenvalue weighted by atomic mass is 9.68. The molecule has 0 bridgehead atoms. The quantitative estimate of drug-likeness (QED) is 0.296. The van der Waals surface area contributed by atoms with E-state index in [1.807, 2.05) is 18.5 Å². The van der Waals surface area contributed by atoms with E-state index < -0.39 is 5.41 Å². The highest BCUT2D eigenvalue weighted by atomic mass is 35.5. The Kier molecular flexibility index (Phi) is 3.81. The van der Waals surface area contributed by atoms with E-state index in [0.29, 0.717) is 0 Å². The van der Waals surface area contributed by atoms with E-state index in [-0.39, 0.29) is 0 Å². The number of pyridine rings is 1. The molecule has 1 aliphatic rings. The number of nitrogens with zero attached hydrogens (tertiary/aromatic N) is 1. The van der Waals surface area contributed by atoms with E-state index in [1.54, 1.807) is 0 Å². The largest absolute Gasteiger partial charge is 0.265 e. The number of hydrogen-bond acceptors (Lipinski definition) is 1. The average molecular weight is 404 g/mol. The molecule has 0 N–H and O–H groups in total. The molecule has 30 heavy (non-hydrogen) atoms. The molecule has 0 amide bonds.